The third-order valence-electron chi connectivity index (χ3n) is 6.39. The van der Waals surface area contributed by atoms with Crippen molar-refractivity contribution in [2.24, 2.45) is 5.92 Å². The molecule has 2 amide bonds. The lowest BCUT2D eigenvalue weighted by atomic mass is 9.84. The van der Waals surface area contributed by atoms with Crippen LogP contribution in [0.5, 0.6) is 5.75 Å². The summed E-state index contributed by atoms with van der Waals surface area (Å²) in [6.45, 7) is 1.33. The first-order chi connectivity index (χ1) is 14.7. The fourth-order valence-electron chi connectivity index (χ4n) is 4.95. The highest BCUT2D eigenvalue weighted by molar-refractivity contribution is 6.00. The van der Waals surface area contributed by atoms with Crippen molar-refractivity contribution in [2.75, 3.05) is 13.7 Å². The number of para-hydroxylation sites is 1. The zero-order valence-corrected chi connectivity index (χ0v) is 17.5. The van der Waals surface area contributed by atoms with Crippen molar-refractivity contribution in [1.82, 2.24) is 20.0 Å². The van der Waals surface area contributed by atoms with E-state index in [0.29, 0.717) is 23.8 Å². The number of amides is 2. The van der Waals surface area contributed by atoms with Crippen LogP contribution >= 0.6 is 0 Å². The van der Waals surface area contributed by atoms with E-state index in [1.54, 1.807) is 25.4 Å². The topological polar surface area (TPSA) is 76.5 Å². The Labute approximate surface area is 177 Å². The van der Waals surface area contributed by atoms with Gasteiger partial charge in [0.1, 0.15) is 11.8 Å². The molecule has 1 aliphatic carbocycles. The van der Waals surface area contributed by atoms with Crippen molar-refractivity contribution in [3.05, 3.63) is 48.3 Å². The van der Waals surface area contributed by atoms with Crippen LogP contribution in [0.4, 0.5) is 0 Å². The number of carbonyl (C=O) groups excluding carboxylic acids is 2. The van der Waals surface area contributed by atoms with Gasteiger partial charge >= 0.3 is 0 Å². The number of nitrogens with one attached hydrogen (secondary N) is 1. The number of hydrogen-bond acceptors (Lipinski definition) is 4. The predicted molar refractivity (Wildman–Crippen MR) is 113 cm³/mol. The molecule has 1 saturated carbocycles. The van der Waals surface area contributed by atoms with E-state index >= 15 is 0 Å². The number of aromatic nitrogens is 2. The highest BCUT2D eigenvalue weighted by Gasteiger charge is 2.47. The van der Waals surface area contributed by atoms with Crippen molar-refractivity contribution >= 4 is 11.8 Å². The second kappa shape index (κ2) is 9.32. The molecule has 1 aromatic heterocycles. The number of methoxy groups -OCH3 is 1. The summed E-state index contributed by atoms with van der Waals surface area (Å²) in [5.41, 5.74) is 0.530. The van der Waals surface area contributed by atoms with Gasteiger partial charge in [-0.1, -0.05) is 25.0 Å². The van der Waals surface area contributed by atoms with Crippen LogP contribution in [-0.4, -0.2) is 52.2 Å². The lowest BCUT2D eigenvalue weighted by molar-refractivity contribution is -0.125. The van der Waals surface area contributed by atoms with Gasteiger partial charge in [0.05, 0.1) is 12.7 Å². The molecule has 1 aliphatic heterocycles. The molecule has 2 aromatic rings. The van der Waals surface area contributed by atoms with Crippen LogP contribution in [0.2, 0.25) is 0 Å². The van der Waals surface area contributed by atoms with Crippen LogP contribution in [0, 0.1) is 5.92 Å². The molecular formula is C23H30N4O3. The average molecular weight is 411 g/mol. The van der Waals surface area contributed by atoms with Gasteiger partial charge in [-0.15, -0.1) is 0 Å². The van der Waals surface area contributed by atoms with Crippen molar-refractivity contribution < 1.29 is 14.3 Å². The number of nitrogens with zero attached hydrogens (tertiary/aromatic N) is 3. The van der Waals surface area contributed by atoms with Crippen molar-refractivity contribution in [3.8, 4) is 5.75 Å². The predicted octanol–water partition coefficient (Wildman–Crippen LogP) is 2.87. The first-order valence-corrected chi connectivity index (χ1v) is 10.9. The van der Waals surface area contributed by atoms with Crippen LogP contribution in [0.3, 0.4) is 0 Å². The molecule has 160 valence electrons. The molecule has 1 aromatic carbocycles. The Morgan fingerprint density at radius 1 is 1.20 bits per heavy atom. The van der Waals surface area contributed by atoms with Crippen molar-refractivity contribution in [2.45, 2.75) is 57.2 Å². The maximum Gasteiger partial charge on any atom is 0.258 e. The largest absolute Gasteiger partial charge is 0.496 e. The quantitative estimate of drug-likeness (QED) is 0.712. The van der Waals surface area contributed by atoms with Gasteiger partial charge in [0.2, 0.25) is 5.91 Å². The molecule has 0 radical (unpaired) electrons. The molecule has 1 saturated heterocycles. The second-order valence-corrected chi connectivity index (χ2v) is 8.19. The molecule has 7 nitrogen and oxygen atoms in total. The molecule has 4 rings (SSSR count). The molecule has 2 fully saturated rings. The molecule has 7 heteroatoms. The Kier molecular flexibility index (Phi) is 6.35. The first kappa shape index (κ1) is 20.4. The molecule has 0 spiro atoms. The molecule has 30 heavy (non-hydrogen) atoms. The highest BCUT2D eigenvalue weighted by Crippen LogP contribution is 2.41. The van der Waals surface area contributed by atoms with E-state index < -0.39 is 6.04 Å². The minimum Gasteiger partial charge on any atom is -0.496 e. The van der Waals surface area contributed by atoms with Gasteiger partial charge in [-0.05, 0) is 49.8 Å². The maximum absolute atomic E-state index is 13.5. The standard InChI is InChI=1S/C23H30N4O3/c1-30-21-11-5-3-9-18(21)23(29)27-19-10-4-2-8-17(19)16-20(27)22(28)24-12-6-14-26-15-7-13-25-26/h3,5,7,9,11,13,15,17,19-20H,2,4,6,8,10,12,14,16H2,1H3,(H,24,28)/t17-,19+,20+/m1/s1. The molecular weight excluding hydrogens is 380 g/mol. The van der Waals surface area contributed by atoms with E-state index in [9.17, 15) is 9.59 Å². The van der Waals surface area contributed by atoms with Crippen LogP contribution in [-0.2, 0) is 11.3 Å². The number of rotatable bonds is 7. The summed E-state index contributed by atoms with van der Waals surface area (Å²) in [6.07, 6.45) is 9.55. The molecule has 0 unspecified atom stereocenters. The molecule has 2 aliphatic rings. The van der Waals surface area contributed by atoms with Crippen LogP contribution in [0.25, 0.3) is 0 Å². The number of aryl methyl sites for hydroxylation is 1. The van der Waals surface area contributed by atoms with E-state index in [1.807, 2.05) is 34.0 Å². The summed E-state index contributed by atoms with van der Waals surface area (Å²) in [6, 6.07) is 8.89. The van der Waals surface area contributed by atoms with E-state index in [-0.39, 0.29) is 17.9 Å². The lowest BCUT2D eigenvalue weighted by Gasteiger charge is -2.34. The van der Waals surface area contributed by atoms with Crippen molar-refractivity contribution in [3.63, 3.8) is 0 Å². The number of carbonyl (C=O) groups is 2. The third-order valence-corrected chi connectivity index (χ3v) is 6.39. The average Bonchev–Trinajstić information content (AvgIpc) is 3.43. The number of benzene rings is 1. The van der Waals surface area contributed by atoms with Gasteiger partial charge in [-0.2, -0.15) is 5.10 Å². The van der Waals surface area contributed by atoms with E-state index in [4.69, 9.17) is 4.74 Å². The first-order valence-electron chi connectivity index (χ1n) is 10.9. The minimum absolute atomic E-state index is 0.0480. The fourth-order valence-corrected chi connectivity index (χ4v) is 4.95. The van der Waals surface area contributed by atoms with Gasteiger partial charge < -0.3 is 15.0 Å². The number of ether oxygens (including phenoxy) is 1. The Morgan fingerprint density at radius 3 is 2.83 bits per heavy atom. The molecule has 1 N–H and O–H groups in total. The summed E-state index contributed by atoms with van der Waals surface area (Å²) in [7, 11) is 1.57. The van der Waals surface area contributed by atoms with Crippen LogP contribution < -0.4 is 10.1 Å². The van der Waals surface area contributed by atoms with E-state index in [2.05, 4.69) is 10.4 Å². The Morgan fingerprint density at radius 2 is 2.03 bits per heavy atom. The number of likely N-dealkylation sites (tertiary alicyclic amines) is 1. The Hall–Kier alpha value is -2.83. The lowest BCUT2D eigenvalue weighted by Crippen LogP contribution is -2.49. The van der Waals surface area contributed by atoms with Crippen LogP contribution in [0.15, 0.2) is 42.7 Å². The fraction of sp³-hybridized carbons (Fsp3) is 0.522. The monoisotopic (exact) mass is 410 g/mol. The van der Waals surface area contributed by atoms with Gasteiger partial charge in [-0.3, -0.25) is 14.3 Å². The minimum atomic E-state index is -0.416. The second-order valence-electron chi connectivity index (χ2n) is 8.19. The summed E-state index contributed by atoms with van der Waals surface area (Å²) < 4.78 is 7.27. The van der Waals surface area contributed by atoms with Gasteiger partial charge in [0, 0.05) is 31.5 Å². The molecule has 2 heterocycles. The Balaban J connectivity index is 1.47. The van der Waals surface area contributed by atoms with E-state index in [0.717, 1.165) is 38.6 Å². The normalized spacial score (nSPS) is 23.1. The van der Waals surface area contributed by atoms with Crippen LogP contribution in [0.1, 0.15) is 48.9 Å². The zero-order valence-electron chi connectivity index (χ0n) is 17.5. The molecule has 3 atom stereocenters. The summed E-state index contributed by atoms with van der Waals surface area (Å²) in [4.78, 5) is 28.5. The number of fused-ring (bicyclic) bond motifs is 1. The third kappa shape index (κ3) is 4.20. The summed E-state index contributed by atoms with van der Waals surface area (Å²) in [5, 5.41) is 7.24. The summed E-state index contributed by atoms with van der Waals surface area (Å²) >= 11 is 0. The number of hydrogen-bond donors (Lipinski definition) is 1. The van der Waals surface area contributed by atoms with E-state index in [1.165, 1.54) is 6.42 Å². The van der Waals surface area contributed by atoms with Crippen molar-refractivity contribution in [1.29, 1.82) is 0 Å². The Bertz CT molecular complexity index is 867. The van der Waals surface area contributed by atoms with Gasteiger partial charge in [0.15, 0.2) is 0 Å². The van der Waals surface area contributed by atoms with Gasteiger partial charge in [0.25, 0.3) is 5.91 Å². The summed E-state index contributed by atoms with van der Waals surface area (Å²) in [5.74, 6) is 0.809. The highest BCUT2D eigenvalue weighted by atomic mass is 16.5. The SMILES string of the molecule is COc1ccccc1C(=O)N1[C@H](C(=O)NCCCn2cccn2)C[C@H]2CCCC[C@@H]21. The van der Waals surface area contributed by atoms with Gasteiger partial charge in [-0.25, -0.2) is 0 Å². The zero-order chi connectivity index (χ0) is 20.9. The smallest absolute Gasteiger partial charge is 0.258 e. The molecule has 0 bridgehead atoms. The maximum atomic E-state index is 13.5.